The summed E-state index contributed by atoms with van der Waals surface area (Å²) in [5.74, 6) is 0. The molecule has 0 fully saturated rings. The van der Waals surface area contributed by atoms with Crippen LogP contribution < -0.4 is 0 Å². The Morgan fingerprint density at radius 2 is 2.18 bits per heavy atom. The van der Waals surface area contributed by atoms with E-state index in [4.69, 9.17) is 0 Å². The van der Waals surface area contributed by atoms with Crippen LogP contribution in [0, 0.1) is 0 Å². The fourth-order valence-electron chi connectivity index (χ4n) is 1.46. The number of hydrogen-bond acceptors (Lipinski definition) is 1. The van der Waals surface area contributed by atoms with Crippen molar-refractivity contribution < 1.29 is 0 Å². The maximum atomic E-state index is 4.43. The van der Waals surface area contributed by atoms with Gasteiger partial charge in [-0.1, -0.05) is 12.2 Å². The average molecular weight is 145 g/mol. The molecule has 0 unspecified atom stereocenters. The average Bonchev–Trinajstić information content (AvgIpc) is 2.30. The molecule has 0 saturated heterocycles. The molecule has 56 valence electrons. The van der Waals surface area contributed by atoms with Gasteiger partial charge in [-0.3, -0.25) is 4.99 Å². The summed E-state index contributed by atoms with van der Waals surface area (Å²) in [4.78, 5) is 4.43. The smallest absolute Gasteiger partial charge is 0.0702 e. The Hall–Kier alpha value is -1.11. The summed E-state index contributed by atoms with van der Waals surface area (Å²) in [5.41, 5.74) is 4.98. The summed E-state index contributed by atoms with van der Waals surface area (Å²) >= 11 is 0. The molecule has 0 bridgehead atoms. The van der Waals surface area contributed by atoms with Crippen LogP contribution >= 0.6 is 0 Å². The lowest BCUT2D eigenvalue weighted by molar-refractivity contribution is 1.26. The van der Waals surface area contributed by atoms with Crippen LogP contribution in [0.3, 0.4) is 0 Å². The van der Waals surface area contributed by atoms with Crippen molar-refractivity contribution in [1.29, 1.82) is 0 Å². The maximum Gasteiger partial charge on any atom is 0.0702 e. The zero-order valence-corrected chi connectivity index (χ0v) is 6.89. The Morgan fingerprint density at radius 1 is 1.36 bits per heavy atom. The van der Waals surface area contributed by atoms with Gasteiger partial charge in [-0.15, -0.1) is 0 Å². The maximum absolute atomic E-state index is 4.43. The highest BCUT2D eigenvalue weighted by atomic mass is 14.8. The van der Waals surface area contributed by atoms with Gasteiger partial charge >= 0.3 is 0 Å². The number of hydrogen-bond donors (Lipinski definition) is 0. The Labute approximate surface area is 66.8 Å². The van der Waals surface area contributed by atoms with Crippen molar-refractivity contribution in [3.8, 4) is 0 Å². The van der Waals surface area contributed by atoms with Crippen LogP contribution in [0.15, 0.2) is 40.1 Å². The summed E-state index contributed by atoms with van der Waals surface area (Å²) in [6, 6.07) is 0. The number of fused-ring (bicyclic) bond motifs is 1. The van der Waals surface area contributed by atoms with Gasteiger partial charge in [0.05, 0.1) is 5.71 Å². The third-order valence-electron chi connectivity index (χ3n) is 2.24. The van der Waals surface area contributed by atoms with E-state index in [1.807, 2.05) is 0 Å². The van der Waals surface area contributed by atoms with Gasteiger partial charge < -0.3 is 0 Å². The topological polar surface area (TPSA) is 12.4 Å². The van der Waals surface area contributed by atoms with Crippen molar-refractivity contribution in [2.24, 2.45) is 4.99 Å². The first kappa shape index (κ1) is 6.59. The molecule has 1 nitrogen and oxygen atoms in total. The van der Waals surface area contributed by atoms with E-state index in [1.54, 1.807) is 0 Å². The van der Waals surface area contributed by atoms with E-state index in [1.165, 1.54) is 11.1 Å². The highest BCUT2D eigenvalue weighted by Crippen LogP contribution is 2.27. The fraction of sp³-hybridized carbons (Fsp3) is 0.300. The molecule has 1 aliphatic heterocycles. The van der Waals surface area contributed by atoms with Gasteiger partial charge in [0.25, 0.3) is 0 Å². The number of allylic oxidation sites excluding steroid dienone is 6. The van der Waals surface area contributed by atoms with Crippen molar-refractivity contribution in [2.75, 3.05) is 0 Å². The molecule has 0 atom stereocenters. The zero-order valence-electron chi connectivity index (χ0n) is 6.89. The standard InChI is InChI=1S/C10H11N/c1-7-8(2)11-10-6-4-3-5-9(7)10/h4-6H,3H2,1-2H3. The normalized spacial score (nSPS) is 21.6. The molecule has 0 radical (unpaired) electrons. The summed E-state index contributed by atoms with van der Waals surface area (Å²) in [5, 5.41) is 0. The lowest BCUT2D eigenvalue weighted by Crippen LogP contribution is -1.98. The van der Waals surface area contributed by atoms with Gasteiger partial charge in [-0.05, 0) is 31.9 Å². The van der Waals surface area contributed by atoms with Crippen molar-refractivity contribution in [3.63, 3.8) is 0 Å². The second-order valence-electron chi connectivity index (χ2n) is 2.96. The summed E-state index contributed by atoms with van der Waals surface area (Å²) in [7, 11) is 0. The van der Waals surface area contributed by atoms with Crippen molar-refractivity contribution in [3.05, 3.63) is 35.1 Å². The van der Waals surface area contributed by atoms with Gasteiger partial charge in [0.2, 0.25) is 0 Å². The van der Waals surface area contributed by atoms with E-state index in [0.29, 0.717) is 0 Å². The van der Waals surface area contributed by atoms with E-state index in [0.717, 1.165) is 17.8 Å². The van der Waals surface area contributed by atoms with Gasteiger partial charge in [0.1, 0.15) is 0 Å². The van der Waals surface area contributed by atoms with E-state index >= 15 is 0 Å². The molecule has 1 aliphatic carbocycles. The summed E-state index contributed by atoms with van der Waals surface area (Å²) < 4.78 is 0. The monoisotopic (exact) mass is 145 g/mol. The first-order valence-electron chi connectivity index (χ1n) is 3.92. The second-order valence-corrected chi connectivity index (χ2v) is 2.96. The largest absolute Gasteiger partial charge is 0.253 e. The van der Waals surface area contributed by atoms with E-state index < -0.39 is 0 Å². The number of nitrogens with zero attached hydrogens (tertiary/aromatic N) is 1. The second kappa shape index (κ2) is 2.19. The van der Waals surface area contributed by atoms with Crippen LogP contribution in [0.2, 0.25) is 0 Å². The number of rotatable bonds is 0. The predicted molar refractivity (Wildman–Crippen MR) is 47.6 cm³/mol. The van der Waals surface area contributed by atoms with Crippen molar-refractivity contribution in [1.82, 2.24) is 0 Å². The van der Waals surface area contributed by atoms with Crippen molar-refractivity contribution >= 4 is 5.71 Å². The van der Waals surface area contributed by atoms with Crippen molar-refractivity contribution in [2.45, 2.75) is 20.3 Å². The predicted octanol–water partition coefficient (Wildman–Crippen LogP) is 2.62. The summed E-state index contributed by atoms with van der Waals surface area (Å²) in [6.07, 6.45) is 7.55. The van der Waals surface area contributed by atoms with Crippen LogP contribution in [0.5, 0.6) is 0 Å². The Morgan fingerprint density at radius 3 is 2.91 bits per heavy atom. The van der Waals surface area contributed by atoms with Crippen LogP contribution in [0.1, 0.15) is 20.3 Å². The lowest BCUT2D eigenvalue weighted by atomic mass is 9.99. The van der Waals surface area contributed by atoms with E-state index in [-0.39, 0.29) is 0 Å². The third kappa shape index (κ3) is 0.881. The molecule has 0 amide bonds. The molecule has 11 heavy (non-hydrogen) atoms. The van der Waals surface area contributed by atoms with Gasteiger partial charge in [0.15, 0.2) is 0 Å². The summed E-state index contributed by atoms with van der Waals surface area (Å²) in [6.45, 7) is 4.20. The minimum absolute atomic E-state index is 1.05. The zero-order chi connectivity index (χ0) is 7.84. The third-order valence-corrected chi connectivity index (χ3v) is 2.24. The minimum atomic E-state index is 1.05. The van der Waals surface area contributed by atoms with Crippen LogP contribution in [0.4, 0.5) is 0 Å². The minimum Gasteiger partial charge on any atom is -0.253 e. The molecule has 1 heteroatoms. The Bertz CT molecular complexity index is 314. The highest BCUT2D eigenvalue weighted by Gasteiger charge is 2.16. The molecular weight excluding hydrogens is 134 g/mol. The molecule has 0 saturated carbocycles. The van der Waals surface area contributed by atoms with E-state index in [2.05, 4.69) is 37.1 Å². The fourth-order valence-corrected chi connectivity index (χ4v) is 1.46. The highest BCUT2D eigenvalue weighted by molar-refractivity contribution is 6.14. The Kier molecular flexibility index (Phi) is 1.31. The molecule has 0 aromatic carbocycles. The molecule has 0 aromatic rings. The first-order valence-corrected chi connectivity index (χ1v) is 3.92. The SMILES string of the molecule is CC1=C(C)C2=CCC=CC2=N1. The van der Waals surface area contributed by atoms with Gasteiger partial charge in [-0.25, -0.2) is 0 Å². The van der Waals surface area contributed by atoms with Crippen LogP contribution in [0.25, 0.3) is 0 Å². The Balaban J connectivity index is 2.50. The molecule has 0 N–H and O–H groups in total. The molecule has 0 spiro atoms. The first-order chi connectivity index (χ1) is 5.29. The molecule has 2 aliphatic rings. The lowest BCUT2D eigenvalue weighted by Gasteiger charge is -2.04. The molecule has 0 aromatic heterocycles. The van der Waals surface area contributed by atoms with E-state index in [9.17, 15) is 0 Å². The molecule has 1 heterocycles. The quantitative estimate of drug-likeness (QED) is 0.497. The van der Waals surface area contributed by atoms with Crippen LogP contribution in [-0.4, -0.2) is 5.71 Å². The van der Waals surface area contributed by atoms with Crippen LogP contribution in [-0.2, 0) is 0 Å². The molecule has 2 rings (SSSR count). The molecular formula is C10H11N. The van der Waals surface area contributed by atoms with Gasteiger partial charge in [0, 0.05) is 11.3 Å². The van der Waals surface area contributed by atoms with Gasteiger partial charge in [-0.2, -0.15) is 0 Å². The number of aliphatic imine (C=N–C) groups is 1.